The normalized spacial score (nSPS) is 14.9. The van der Waals surface area contributed by atoms with Crippen LogP contribution in [-0.2, 0) is 9.53 Å². The van der Waals surface area contributed by atoms with Gasteiger partial charge in [0.2, 0.25) is 0 Å². The van der Waals surface area contributed by atoms with E-state index in [-0.39, 0.29) is 0 Å². The van der Waals surface area contributed by atoms with Crippen molar-refractivity contribution in [2.24, 2.45) is 0 Å². The number of aliphatic carboxylic acids is 1. The summed E-state index contributed by atoms with van der Waals surface area (Å²) in [6, 6.07) is 0. The predicted molar refractivity (Wildman–Crippen MR) is 61.0 cm³/mol. The highest BCUT2D eigenvalue weighted by atomic mass is 16.5. The molecule has 3 heteroatoms. The number of carboxylic acids is 1. The summed E-state index contributed by atoms with van der Waals surface area (Å²) in [5.74, 6) is -0.847. The van der Waals surface area contributed by atoms with Crippen molar-refractivity contribution in [3.63, 3.8) is 0 Å². The van der Waals surface area contributed by atoms with Gasteiger partial charge in [-0.1, -0.05) is 39.5 Å². The van der Waals surface area contributed by atoms with Crippen LogP contribution in [0.1, 0.15) is 59.3 Å². The molecule has 1 unspecified atom stereocenters. The zero-order valence-electron chi connectivity index (χ0n) is 10.2. The number of hydrogen-bond donors (Lipinski definition) is 1. The molecule has 1 atom stereocenters. The molecule has 0 aliphatic heterocycles. The van der Waals surface area contributed by atoms with Crippen LogP contribution in [0, 0.1) is 0 Å². The first-order chi connectivity index (χ1) is 7.06. The monoisotopic (exact) mass is 216 g/mol. The lowest BCUT2D eigenvalue weighted by atomic mass is 10.0. The molecule has 0 rings (SSSR count). The largest absolute Gasteiger partial charge is 0.479 e. The highest BCUT2D eigenvalue weighted by Gasteiger charge is 2.32. The van der Waals surface area contributed by atoms with Crippen LogP contribution < -0.4 is 0 Å². The number of unbranched alkanes of at least 4 members (excludes halogenated alkanes) is 3. The van der Waals surface area contributed by atoms with Gasteiger partial charge in [0, 0.05) is 6.61 Å². The molecule has 0 saturated heterocycles. The highest BCUT2D eigenvalue weighted by molar-refractivity contribution is 5.76. The van der Waals surface area contributed by atoms with E-state index < -0.39 is 11.6 Å². The maximum absolute atomic E-state index is 11.0. The van der Waals surface area contributed by atoms with Crippen molar-refractivity contribution < 1.29 is 14.6 Å². The molecular formula is C12H24O3. The summed E-state index contributed by atoms with van der Waals surface area (Å²) in [6.07, 6.45) is 5.87. The van der Waals surface area contributed by atoms with Crippen LogP contribution >= 0.6 is 0 Å². The average Bonchev–Trinajstić information content (AvgIpc) is 2.18. The molecule has 0 radical (unpaired) electrons. The summed E-state index contributed by atoms with van der Waals surface area (Å²) in [4.78, 5) is 11.0. The molecule has 0 saturated carbocycles. The van der Waals surface area contributed by atoms with Gasteiger partial charge in [-0.05, 0) is 19.8 Å². The molecule has 3 nitrogen and oxygen atoms in total. The Morgan fingerprint density at radius 1 is 1.20 bits per heavy atom. The van der Waals surface area contributed by atoms with Gasteiger partial charge >= 0.3 is 5.97 Å². The second-order valence-corrected chi connectivity index (χ2v) is 4.20. The summed E-state index contributed by atoms with van der Waals surface area (Å²) in [5.41, 5.74) is -0.985. The van der Waals surface area contributed by atoms with E-state index in [0.29, 0.717) is 13.0 Å². The minimum Gasteiger partial charge on any atom is -0.479 e. The third-order valence-corrected chi connectivity index (χ3v) is 2.60. The molecule has 0 heterocycles. The van der Waals surface area contributed by atoms with Gasteiger partial charge in [0.1, 0.15) is 0 Å². The van der Waals surface area contributed by atoms with E-state index in [0.717, 1.165) is 19.3 Å². The highest BCUT2D eigenvalue weighted by Crippen LogP contribution is 2.18. The summed E-state index contributed by atoms with van der Waals surface area (Å²) in [7, 11) is 0. The van der Waals surface area contributed by atoms with Crippen molar-refractivity contribution in [1.29, 1.82) is 0 Å². The van der Waals surface area contributed by atoms with E-state index >= 15 is 0 Å². The number of carbonyl (C=O) groups is 1. The van der Waals surface area contributed by atoms with E-state index in [4.69, 9.17) is 9.84 Å². The van der Waals surface area contributed by atoms with Crippen LogP contribution in [0.2, 0.25) is 0 Å². The molecule has 0 aliphatic carbocycles. The van der Waals surface area contributed by atoms with Crippen LogP contribution in [0.3, 0.4) is 0 Å². The van der Waals surface area contributed by atoms with Crippen molar-refractivity contribution >= 4 is 5.97 Å². The van der Waals surface area contributed by atoms with Crippen LogP contribution in [0.4, 0.5) is 0 Å². The Bertz CT molecular complexity index is 180. The summed E-state index contributed by atoms with van der Waals surface area (Å²) < 4.78 is 5.48. The molecule has 0 amide bonds. The van der Waals surface area contributed by atoms with Gasteiger partial charge in [0.05, 0.1) is 0 Å². The molecule has 0 aromatic carbocycles. The molecule has 0 aromatic rings. The lowest BCUT2D eigenvalue weighted by molar-refractivity contribution is -0.164. The molecular weight excluding hydrogens is 192 g/mol. The topological polar surface area (TPSA) is 46.5 Å². The fraction of sp³-hybridized carbons (Fsp3) is 0.917. The van der Waals surface area contributed by atoms with Crippen LogP contribution in [0.15, 0.2) is 0 Å². The number of rotatable bonds is 9. The van der Waals surface area contributed by atoms with E-state index in [2.05, 4.69) is 6.92 Å². The minimum absolute atomic E-state index is 0.558. The van der Waals surface area contributed by atoms with Gasteiger partial charge < -0.3 is 9.84 Å². The molecule has 90 valence electrons. The number of hydrogen-bond acceptors (Lipinski definition) is 2. The first kappa shape index (κ1) is 14.4. The van der Waals surface area contributed by atoms with Gasteiger partial charge in [-0.15, -0.1) is 0 Å². The molecule has 0 spiro atoms. The Labute approximate surface area is 92.8 Å². The molecule has 0 aromatic heterocycles. The minimum atomic E-state index is -0.985. The van der Waals surface area contributed by atoms with Crippen LogP contribution in [0.25, 0.3) is 0 Å². The Balaban J connectivity index is 3.81. The zero-order chi connectivity index (χ0) is 11.7. The summed E-state index contributed by atoms with van der Waals surface area (Å²) in [5, 5.41) is 9.04. The van der Waals surface area contributed by atoms with Gasteiger partial charge in [-0.3, -0.25) is 0 Å². The smallest absolute Gasteiger partial charge is 0.335 e. The van der Waals surface area contributed by atoms with Crippen molar-refractivity contribution in [1.82, 2.24) is 0 Å². The number of carboxylic acid groups (broad SMARTS) is 1. The van der Waals surface area contributed by atoms with Crippen molar-refractivity contribution in [3.8, 4) is 0 Å². The maximum Gasteiger partial charge on any atom is 0.335 e. The fourth-order valence-corrected chi connectivity index (χ4v) is 1.54. The van der Waals surface area contributed by atoms with Gasteiger partial charge in [0.15, 0.2) is 5.60 Å². The SMILES string of the molecule is CCCCCCOC(C)(CCC)C(=O)O. The lowest BCUT2D eigenvalue weighted by Gasteiger charge is -2.24. The van der Waals surface area contributed by atoms with E-state index in [1.165, 1.54) is 12.8 Å². The van der Waals surface area contributed by atoms with Crippen molar-refractivity contribution in [2.75, 3.05) is 6.61 Å². The van der Waals surface area contributed by atoms with E-state index in [1.807, 2.05) is 6.92 Å². The Kier molecular flexibility index (Phi) is 7.39. The molecule has 15 heavy (non-hydrogen) atoms. The average molecular weight is 216 g/mol. The van der Waals surface area contributed by atoms with E-state index in [1.54, 1.807) is 6.92 Å². The Morgan fingerprint density at radius 3 is 2.33 bits per heavy atom. The van der Waals surface area contributed by atoms with Crippen molar-refractivity contribution in [2.45, 2.75) is 64.9 Å². The second-order valence-electron chi connectivity index (χ2n) is 4.20. The third kappa shape index (κ3) is 5.78. The Hall–Kier alpha value is -0.570. The molecule has 0 bridgehead atoms. The van der Waals surface area contributed by atoms with Crippen LogP contribution in [0.5, 0.6) is 0 Å². The quantitative estimate of drug-likeness (QED) is 0.602. The van der Waals surface area contributed by atoms with Crippen LogP contribution in [-0.4, -0.2) is 23.3 Å². The fourth-order valence-electron chi connectivity index (χ4n) is 1.54. The maximum atomic E-state index is 11.0. The van der Waals surface area contributed by atoms with Gasteiger partial charge in [-0.25, -0.2) is 4.79 Å². The van der Waals surface area contributed by atoms with Gasteiger partial charge in [-0.2, -0.15) is 0 Å². The molecule has 0 aliphatic rings. The Morgan fingerprint density at radius 2 is 1.87 bits per heavy atom. The molecule has 0 fully saturated rings. The standard InChI is InChI=1S/C12H24O3/c1-4-6-7-8-10-15-12(3,9-5-2)11(13)14/h4-10H2,1-3H3,(H,13,14). The first-order valence-electron chi connectivity index (χ1n) is 5.94. The third-order valence-electron chi connectivity index (χ3n) is 2.60. The number of ether oxygens (including phenoxy) is 1. The first-order valence-corrected chi connectivity index (χ1v) is 5.94. The summed E-state index contributed by atoms with van der Waals surface area (Å²) >= 11 is 0. The summed E-state index contributed by atoms with van der Waals surface area (Å²) in [6.45, 7) is 6.35. The van der Waals surface area contributed by atoms with E-state index in [9.17, 15) is 4.79 Å². The van der Waals surface area contributed by atoms with Gasteiger partial charge in [0.25, 0.3) is 0 Å². The second kappa shape index (κ2) is 7.69. The predicted octanol–water partition coefficient (Wildman–Crippen LogP) is 3.23. The van der Waals surface area contributed by atoms with Crippen molar-refractivity contribution in [3.05, 3.63) is 0 Å². The molecule has 1 N–H and O–H groups in total. The zero-order valence-corrected chi connectivity index (χ0v) is 10.2. The lowest BCUT2D eigenvalue weighted by Crippen LogP contribution is -2.38.